The maximum absolute atomic E-state index is 9.53. The van der Waals surface area contributed by atoms with Gasteiger partial charge >= 0.3 is 0 Å². The largest absolute Gasteiger partial charge is 0.553 e. The van der Waals surface area contributed by atoms with Gasteiger partial charge in [0.15, 0.2) is 0 Å². The number of hydrogen-bond acceptors (Lipinski definition) is 17. The molecule has 294 valence electrons. The quantitative estimate of drug-likeness (QED) is 0.0401. The fourth-order valence-electron chi connectivity index (χ4n) is 2.45. The smallest absolute Gasteiger partial charge is 0.237 e. The number of nitriles is 1. The third kappa shape index (κ3) is 61.1. The van der Waals surface area contributed by atoms with Gasteiger partial charge in [-0.1, -0.05) is 0 Å². The molecule has 0 aliphatic rings. The molecule has 0 saturated carbocycles. The van der Waals surface area contributed by atoms with Gasteiger partial charge in [-0.3, -0.25) is 0 Å². The van der Waals surface area contributed by atoms with Crippen LogP contribution in [0.2, 0.25) is 0 Å². The van der Waals surface area contributed by atoms with E-state index in [9.17, 15) is 15.3 Å². The Morgan fingerprint density at radius 2 is 0.686 bits per heavy atom. The molecule has 0 radical (unpaired) electrons. The molecule has 18 nitrogen and oxygen atoms in total. The molecule has 0 bridgehead atoms. The van der Waals surface area contributed by atoms with Crippen LogP contribution in [-0.4, -0.2) is 166 Å². The number of aliphatic hydroxyl groups excluding tert-OH is 6. The first-order valence-corrected chi connectivity index (χ1v) is 14.3. The van der Waals surface area contributed by atoms with Crippen molar-refractivity contribution in [2.24, 2.45) is 0 Å². The van der Waals surface area contributed by atoms with E-state index in [4.69, 9.17) is 46.1 Å². The Balaban J connectivity index is -0.000000109. The predicted octanol–water partition coefficient (Wildman–Crippen LogP) is -1.14. The van der Waals surface area contributed by atoms with Crippen LogP contribution in [0.5, 0.6) is 0 Å². The van der Waals surface area contributed by atoms with Crippen molar-refractivity contribution in [1.82, 2.24) is 0 Å². The second kappa shape index (κ2) is 52.2. The van der Waals surface area contributed by atoms with Crippen LogP contribution in [0.4, 0.5) is 0 Å². The minimum atomic E-state index is -0.857. The third-order valence-corrected chi connectivity index (χ3v) is 4.43. The Labute approximate surface area is 285 Å². The van der Waals surface area contributed by atoms with Gasteiger partial charge in [-0.2, -0.15) is 5.26 Å². The normalized spacial score (nSPS) is 12.3. The van der Waals surface area contributed by atoms with Crippen molar-refractivity contribution >= 4 is 0 Å². The molecule has 0 aromatic heterocycles. The zero-order valence-corrected chi connectivity index (χ0v) is 49.0. The summed E-state index contributed by atoms with van der Waals surface area (Å²) in [5, 5.41) is 63.0. The second-order valence-electron chi connectivity index (χ2n) is 9.16. The summed E-state index contributed by atoms with van der Waals surface area (Å²) in [6, 6.07) is 1.92. The van der Waals surface area contributed by atoms with Gasteiger partial charge in [-0.25, -0.2) is 49.2 Å². The van der Waals surface area contributed by atoms with Gasteiger partial charge < -0.3 is 82.9 Å². The van der Waals surface area contributed by atoms with Gasteiger partial charge in [0.1, 0.15) is 18.8 Å². The van der Waals surface area contributed by atoms with E-state index in [1.54, 1.807) is 0 Å². The number of aliphatic hydroxyl groups is 6. The van der Waals surface area contributed by atoms with Crippen LogP contribution in [0, 0.1) is 60.6 Å². The second-order valence-corrected chi connectivity index (χ2v) is 9.16. The predicted molar refractivity (Wildman–Crippen MR) is 169 cm³/mol. The first kappa shape index (κ1) is 61.6. The fraction of sp³-hybridized carbons (Fsp3) is 0.733. The summed E-state index contributed by atoms with van der Waals surface area (Å²) in [6.45, 7) is 8.68. The van der Waals surface area contributed by atoms with E-state index in [-0.39, 0.29) is 92.3 Å². The van der Waals surface area contributed by atoms with Crippen LogP contribution in [0.1, 0.15) is 6.42 Å². The van der Waals surface area contributed by atoms with Crippen LogP contribution < -0.4 is 0 Å². The molecule has 0 aromatic carbocycles. The third-order valence-electron chi connectivity index (χ3n) is 4.43. The van der Waals surface area contributed by atoms with Gasteiger partial charge in [0.05, 0.1) is 83.2 Å². The molecule has 51 heavy (non-hydrogen) atoms. The molecule has 0 saturated heterocycles. The number of hydrogen-bond donors (Lipinski definition) is 6. The van der Waals surface area contributed by atoms with Gasteiger partial charge in [0.2, 0.25) is 6.54 Å². The van der Waals surface area contributed by atoms with Crippen molar-refractivity contribution in [2.45, 2.75) is 43.0 Å². The molecular formula is C30H56N2O16Rf3-6. The fourth-order valence-corrected chi connectivity index (χ4v) is 2.45. The molecule has 0 heterocycles. The molecule has 4 atom stereocenters. The minimum absolute atomic E-state index is 0. The van der Waals surface area contributed by atoms with Crippen molar-refractivity contribution in [2.75, 3.05) is 99.0 Å². The summed E-state index contributed by atoms with van der Waals surface area (Å²) >= 11 is 0. The van der Waals surface area contributed by atoms with Crippen LogP contribution in [0.3, 0.4) is 0 Å². The SMILES string of the molecule is [C-]#[N+]CCOCC(O)CO[CH2-].[CH2-]OCC(O)COCC(O)COCC(O)COCCC#N.[CH2-]OCC(O)CO[CH2-].[CH2-]OCC(O)CO[CH2-].[Rf].[Rf].[Rf]. The van der Waals surface area contributed by atoms with Gasteiger partial charge in [0, 0.05) is 39.6 Å². The maximum Gasteiger partial charge on any atom is 0.237 e. The van der Waals surface area contributed by atoms with E-state index in [2.05, 4.69) is 75.9 Å². The van der Waals surface area contributed by atoms with Crippen LogP contribution in [-0.2, 0) is 47.4 Å². The standard InChI is InChI=1S/C13H24NO7.C7H12NO3.2C5H10O3.3Rf/c1-18-5-11(15)7-20-9-13(17)10-21-8-12(16)6-19-4-2-3-14;1-8-3-4-11-6-7(9)5-10-2;2*1-7-3-5(6)4-8-2;;;/h11-13,15-17H,1-2,4-10H2;7,9H,2-6H2;2*5-6H,1-4H2;;;/q2*-1;2*-2;;;. The van der Waals surface area contributed by atoms with Gasteiger partial charge in [-0.05, 0) is 0 Å². The first-order chi connectivity index (χ1) is 23.0. The van der Waals surface area contributed by atoms with Crippen LogP contribution >= 0.6 is 0 Å². The summed E-state index contributed by atoms with van der Waals surface area (Å²) in [4.78, 5) is 3.08. The van der Waals surface area contributed by atoms with E-state index in [1.165, 1.54) is 0 Å². The Bertz CT molecular complexity index is 677. The zero-order valence-electron chi connectivity index (χ0n) is 29.8. The van der Waals surface area contributed by atoms with Gasteiger partial charge in [0.25, 0.3) is 0 Å². The van der Waals surface area contributed by atoms with Crippen molar-refractivity contribution in [3.8, 4) is 6.07 Å². The Hall–Kier alpha value is -4.66. The minimum Gasteiger partial charge on any atom is -0.553 e. The van der Waals surface area contributed by atoms with Crippen molar-refractivity contribution in [1.29, 1.82) is 5.26 Å². The Morgan fingerprint density at radius 3 is 0.941 bits per heavy atom. The topological polar surface area (TPSA) is 242 Å². The molecule has 4 unspecified atom stereocenters. The molecule has 6 N–H and O–H groups in total. The zero-order chi connectivity index (χ0) is 37.3. The van der Waals surface area contributed by atoms with Gasteiger partial charge in [-0.15, -0.1) is 0 Å². The van der Waals surface area contributed by atoms with E-state index >= 15 is 0 Å². The van der Waals surface area contributed by atoms with E-state index in [0.29, 0.717) is 13.2 Å². The van der Waals surface area contributed by atoms with E-state index in [1.807, 2.05) is 6.07 Å². The molecule has 0 aromatic rings. The van der Waals surface area contributed by atoms with Crippen molar-refractivity contribution in [3.05, 3.63) is 54.1 Å². The van der Waals surface area contributed by atoms with E-state index < -0.39 is 36.6 Å². The molecule has 0 rings (SSSR count). The molecule has 0 fully saturated rings. The molecule has 0 aliphatic carbocycles. The molecule has 0 amide bonds. The Morgan fingerprint density at radius 1 is 0.451 bits per heavy atom. The number of nitrogens with zero attached hydrogens (tertiary/aromatic N) is 2. The molecular weight excluding hydrogens is 1450 g/mol. The van der Waals surface area contributed by atoms with Crippen molar-refractivity contribution in [3.63, 3.8) is 0 Å². The number of ether oxygens (including phenoxy) is 10. The van der Waals surface area contributed by atoms with E-state index in [0.717, 1.165) is 0 Å². The summed E-state index contributed by atoms with van der Waals surface area (Å²) in [5.74, 6) is 0. The Kier molecular flexibility index (Phi) is 63.0. The van der Waals surface area contributed by atoms with Crippen LogP contribution in [0.25, 0.3) is 4.85 Å². The molecule has 21 heteroatoms. The average Bonchev–Trinajstić information content (AvgIpc) is 3.03. The maximum atomic E-state index is 9.53. The summed E-state index contributed by atoms with van der Waals surface area (Å²) < 4.78 is 46.4. The average molecular weight is 1500 g/mol. The first-order valence-electron chi connectivity index (χ1n) is 14.3. The molecule has 0 spiro atoms. The monoisotopic (exact) mass is 1500 g/mol. The number of rotatable bonds is 28. The van der Waals surface area contributed by atoms with Crippen LogP contribution in [0.15, 0.2) is 0 Å². The molecule has 0 aliphatic heterocycles. The summed E-state index contributed by atoms with van der Waals surface area (Å²) in [7, 11) is 18.5. The summed E-state index contributed by atoms with van der Waals surface area (Å²) in [6.07, 6.45) is -4.04. The summed E-state index contributed by atoms with van der Waals surface area (Å²) in [5.41, 5.74) is 0. The van der Waals surface area contributed by atoms with Crippen molar-refractivity contribution < 1.29 is 78.0 Å².